The van der Waals surface area contributed by atoms with Crippen LogP contribution in [0.15, 0.2) is 29.2 Å². The van der Waals surface area contributed by atoms with Crippen molar-refractivity contribution in [2.75, 3.05) is 6.54 Å². The van der Waals surface area contributed by atoms with E-state index in [9.17, 15) is 8.42 Å². The third kappa shape index (κ3) is 2.69. The standard InChI is InChI=1S/C13H19NO2S/c1-10(2)8-12-9-14(12)17(15,16)13-6-4-11(3)5-7-13/h4-7,10,12H,8-9H2,1-3H3/t12-,14?/m0/s1. The highest BCUT2D eigenvalue weighted by Crippen LogP contribution is 2.32. The molecule has 1 saturated heterocycles. The van der Waals surface area contributed by atoms with Gasteiger partial charge in [0.1, 0.15) is 0 Å². The van der Waals surface area contributed by atoms with Gasteiger partial charge in [-0.05, 0) is 31.4 Å². The zero-order chi connectivity index (χ0) is 12.6. The summed E-state index contributed by atoms with van der Waals surface area (Å²) < 4.78 is 26.0. The molecule has 0 radical (unpaired) electrons. The summed E-state index contributed by atoms with van der Waals surface area (Å²) in [6, 6.07) is 7.27. The van der Waals surface area contributed by atoms with Crippen molar-refractivity contribution >= 4 is 10.0 Å². The molecule has 1 aromatic carbocycles. The minimum Gasteiger partial charge on any atom is -0.207 e. The Hall–Kier alpha value is -0.870. The van der Waals surface area contributed by atoms with Crippen LogP contribution >= 0.6 is 0 Å². The number of hydrogen-bond donors (Lipinski definition) is 0. The first-order valence-electron chi connectivity index (χ1n) is 6.00. The van der Waals surface area contributed by atoms with Gasteiger partial charge >= 0.3 is 0 Å². The van der Waals surface area contributed by atoms with Crippen LogP contribution in [0.1, 0.15) is 25.8 Å². The quantitative estimate of drug-likeness (QED) is 0.773. The van der Waals surface area contributed by atoms with Crippen molar-refractivity contribution in [2.45, 2.75) is 38.1 Å². The van der Waals surface area contributed by atoms with Crippen molar-refractivity contribution in [3.8, 4) is 0 Å². The topological polar surface area (TPSA) is 37.1 Å². The number of sulfonamides is 1. The van der Waals surface area contributed by atoms with Crippen molar-refractivity contribution < 1.29 is 8.42 Å². The molecule has 2 rings (SSSR count). The Morgan fingerprint density at radius 1 is 1.29 bits per heavy atom. The Labute approximate surface area is 104 Å². The molecular weight excluding hydrogens is 234 g/mol. The Kier molecular flexibility index (Phi) is 3.27. The highest BCUT2D eigenvalue weighted by atomic mass is 32.2. The minimum absolute atomic E-state index is 0.210. The van der Waals surface area contributed by atoms with Gasteiger partial charge in [0.05, 0.1) is 4.90 Å². The van der Waals surface area contributed by atoms with E-state index in [0.717, 1.165) is 12.0 Å². The number of rotatable bonds is 4. The molecule has 1 aliphatic rings. The van der Waals surface area contributed by atoms with Crippen molar-refractivity contribution in [3.63, 3.8) is 0 Å². The summed E-state index contributed by atoms with van der Waals surface area (Å²) in [5.74, 6) is 0.540. The lowest BCUT2D eigenvalue weighted by Crippen LogP contribution is -2.15. The maximum absolute atomic E-state index is 12.2. The SMILES string of the molecule is Cc1ccc(S(=O)(=O)N2C[C@@H]2CC(C)C)cc1. The average molecular weight is 253 g/mol. The van der Waals surface area contributed by atoms with Gasteiger partial charge in [0.25, 0.3) is 0 Å². The van der Waals surface area contributed by atoms with Crippen LogP contribution in [0, 0.1) is 12.8 Å². The summed E-state index contributed by atoms with van der Waals surface area (Å²) in [5.41, 5.74) is 1.08. The molecule has 1 fully saturated rings. The van der Waals surface area contributed by atoms with Crippen LogP contribution in [-0.2, 0) is 10.0 Å². The lowest BCUT2D eigenvalue weighted by Gasteiger charge is -2.07. The summed E-state index contributed by atoms with van der Waals surface area (Å²) in [4.78, 5) is 0.411. The third-order valence-corrected chi connectivity index (χ3v) is 4.97. The summed E-state index contributed by atoms with van der Waals surface area (Å²) in [6.45, 7) is 6.87. The van der Waals surface area contributed by atoms with Gasteiger partial charge in [0.2, 0.25) is 10.0 Å². The highest BCUT2D eigenvalue weighted by molar-refractivity contribution is 7.89. The average Bonchev–Trinajstić information content (AvgIpc) is 2.97. The van der Waals surface area contributed by atoms with Gasteiger partial charge in [-0.15, -0.1) is 0 Å². The smallest absolute Gasteiger partial charge is 0.207 e. The molecule has 0 bridgehead atoms. The molecule has 0 spiro atoms. The van der Waals surface area contributed by atoms with E-state index in [1.165, 1.54) is 0 Å². The minimum atomic E-state index is -3.24. The normalized spacial score (nSPS) is 24.0. The molecule has 17 heavy (non-hydrogen) atoms. The van der Waals surface area contributed by atoms with E-state index in [4.69, 9.17) is 0 Å². The molecule has 1 aliphatic heterocycles. The fourth-order valence-electron chi connectivity index (χ4n) is 2.04. The van der Waals surface area contributed by atoms with Gasteiger partial charge in [-0.2, -0.15) is 4.31 Å². The summed E-state index contributed by atoms with van der Waals surface area (Å²) in [7, 11) is -3.24. The number of benzene rings is 1. The molecule has 0 saturated carbocycles. The fourth-order valence-corrected chi connectivity index (χ4v) is 3.63. The van der Waals surface area contributed by atoms with Gasteiger partial charge in [-0.3, -0.25) is 0 Å². The Morgan fingerprint density at radius 2 is 1.88 bits per heavy atom. The lowest BCUT2D eigenvalue weighted by atomic mass is 10.1. The third-order valence-electron chi connectivity index (χ3n) is 3.04. The Bertz CT molecular complexity index is 491. The predicted octanol–water partition coefficient (Wildman–Crippen LogP) is 2.41. The molecule has 4 heteroatoms. The maximum atomic E-state index is 12.2. The van der Waals surface area contributed by atoms with Crippen LogP contribution in [0.3, 0.4) is 0 Å². The molecule has 3 nitrogen and oxygen atoms in total. The molecule has 1 heterocycles. The molecule has 0 aliphatic carbocycles. The van der Waals surface area contributed by atoms with Crippen LogP contribution in [0.4, 0.5) is 0 Å². The lowest BCUT2D eigenvalue weighted by molar-refractivity contribution is 0.516. The van der Waals surface area contributed by atoms with E-state index in [0.29, 0.717) is 17.4 Å². The molecule has 94 valence electrons. The summed E-state index contributed by atoms with van der Waals surface area (Å²) >= 11 is 0. The highest BCUT2D eigenvalue weighted by Gasteiger charge is 2.44. The van der Waals surface area contributed by atoms with E-state index in [-0.39, 0.29) is 6.04 Å². The monoisotopic (exact) mass is 253 g/mol. The fraction of sp³-hybridized carbons (Fsp3) is 0.538. The predicted molar refractivity (Wildman–Crippen MR) is 68.3 cm³/mol. The van der Waals surface area contributed by atoms with Gasteiger partial charge in [0, 0.05) is 12.6 Å². The largest absolute Gasteiger partial charge is 0.243 e. The van der Waals surface area contributed by atoms with E-state index in [2.05, 4.69) is 13.8 Å². The van der Waals surface area contributed by atoms with Crippen LogP contribution in [-0.4, -0.2) is 25.3 Å². The van der Waals surface area contributed by atoms with Crippen LogP contribution < -0.4 is 0 Å². The molecule has 1 aromatic rings. The van der Waals surface area contributed by atoms with Crippen LogP contribution in [0.2, 0.25) is 0 Å². The van der Waals surface area contributed by atoms with E-state index in [1.807, 2.05) is 19.1 Å². The van der Waals surface area contributed by atoms with Gasteiger partial charge in [0.15, 0.2) is 0 Å². The zero-order valence-corrected chi connectivity index (χ0v) is 11.4. The van der Waals surface area contributed by atoms with Gasteiger partial charge in [-0.1, -0.05) is 31.5 Å². The number of hydrogen-bond acceptors (Lipinski definition) is 2. The zero-order valence-electron chi connectivity index (χ0n) is 10.6. The molecule has 1 unspecified atom stereocenters. The number of aryl methyl sites for hydroxylation is 1. The van der Waals surface area contributed by atoms with Crippen molar-refractivity contribution in [1.82, 2.24) is 4.31 Å². The summed E-state index contributed by atoms with van der Waals surface area (Å²) in [6.07, 6.45) is 0.949. The second kappa shape index (κ2) is 4.42. The van der Waals surface area contributed by atoms with Crippen LogP contribution in [0.25, 0.3) is 0 Å². The molecule has 0 aromatic heterocycles. The molecular formula is C13H19NO2S. The van der Waals surface area contributed by atoms with Gasteiger partial charge in [-0.25, -0.2) is 8.42 Å². The van der Waals surface area contributed by atoms with Crippen molar-refractivity contribution in [2.24, 2.45) is 5.92 Å². The van der Waals surface area contributed by atoms with E-state index in [1.54, 1.807) is 16.4 Å². The molecule has 2 atom stereocenters. The second-order valence-corrected chi connectivity index (χ2v) is 7.06. The van der Waals surface area contributed by atoms with Crippen molar-refractivity contribution in [3.05, 3.63) is 29.8 Å². The number of nitrogens with zero attached hydrogens (tertiary/aromatic N) is 1. The van der Waals surface area contributed by atoms with Crippen molar-refractivity contribution in [1.29, 1.82) is 0 Å². The Morgan fingerprint density at radius 3 is 2.41 bits per heavy atom. The van der Waals surface area contributed by atoms with Crippen LogP contribution in [0.5, 0.6) is 0 Å². The Balaban J connectivity index is 2.13. The summed E-state index contributed by atoms with van der Waals surface area (Å²) in [5, 5.41) is 0. The van der Waals surface area contributed by atoms with E-state index >= 15 is 0 Å². The van der Waals surface area contributed by atoms with Gasteiger partial charge < -0.3 is 0 Å². The first-order chi connectivity index (χ1) is 7.91. The molecule has 0 N–H and O–H groups in total. The molecule has 0 amide bonds. The first kappa shape index (κ1) is 12.6. The van der Waals surface area contributed by atoms with E-state index < -0.39 is 10.0 Å². The second-order valence-electron chi connectivity index (χ2n) is 5.17. The first-order valence-corrected chi connectivity index (χ1v) is 7.44. The maximum Gasteiger partial charge on any atom is 0.243 e.